The van der Waals surface area contributed by atoms with Crippen molar-refractivity contribution in [2.24, 2.45) is 22.7 Å². The summed E-state index contributed by atoms with van der Waals surface area (Å²) in [6, 6.07) is 10.1. The van der Waals surface area contributed by atoms with E-state index in [0.717, 1.165) is 24.8 Å². The second-order valence-electron chi connectivity index (χ2n) is 11.0. The van der Waals surface area contributed by atoms with Crippen LogP contribution in [0.1, 0.15) is 85.1 Å². The minimum absolute atomic E-state index is 0.155. The Hall–Kier alpha value is -1.12. The first kappa shape index (κ1) is 21.6. The number of fused-ring (bicyclic) bond motifs is 1. The van der Waals surface area contributed by atoms with Crippen molar-refractivity contribution in [3.8, 4) is 0 Å². The Labute approximate surface area is 172 Å². The van der Waals surface area contributed by atoms with E-state index < -0.39 is 11.2 Å². The van der Waals surface area contributed by atoms with Crippen LogP contribution in [0.25, 0.3) is 6.08 Å². The van der Waals surface area contributed by atoms with Crippen LogP contribution >= 0.6 is 0 Å². The van der Waals surface area contributed by atoms with Crippen LogP contribution in [0.2, 0.25) is 0 Å². The van der Waals surface area contributed by atoms with Crippen LogP contribution in [0, 0.1) is 22.7 Å². The van der Waals surface area contributed by atoms with Crippen LogP contribution in [0.3, 0.4) is 0 Å². The fraction of sp³-hybridized carbons (Fsp3) is 0.692. The van der Waals surface area contributed by atoms with Crippen molar-refractivity contribution in [3.05, 3.63) is 42.0 Å². The topological polar surface area (TPSA) is 40.5 Å². The molecule has 0 saturated heterocycles. The zero-order valence-electron chi connectivity index (χ0n) is 18.5. The summed E-state index contributed by atoms with van der Waals surface area (Å²) in [5.74, 6) is 0.888. The summed E-state index contributed by atoms with van der Waals surface area (Å²) < 4.78 is 0. The van der Waals surface area contributed by atoms with Gasteiger partial charge in [-0.05, 0) is 80.6 Å². The number of hydrogen-bond acceptors (Lipinski definition) is 2. The fourth-order valence-corrected chi connectivity index (χ4v) is 6.63. The summed E-state index contributed by atoms with van der Waals surface area (Å²) in [4.78, 5) is 0. The number of aliphatic hydroxyl groups is 2. The lowest BCUT2D eigenvalue weighted by Gasteiger charge is -2.61. The Kier molecular flexibility index (Phi) is 5.87. The minimum Gasteiger partial charge on any atom is -0.390 e. The second kappa shape index (κ2) is 7.61. The van der Waals surface area contributed by atoms with Crippen molar-refractivity contribution in [1.29, 1.82) is 0 Å². The standard InChI is InChI=1S/C26H40O2/c1-23(2)15-9-16-25(4)21(23)14-19-26(5,28)22(25)13-18-24(3,27)17-12-20-10-7-6-8-11-20/h6-8,10-12,17,21-22,27-28H,9,13-16,18-19H2,1-5H3/b17-12+/t21-,22+,24-,25-,26+/m0/s1. The zero-order chi connectivity index (χ0) is 20.6. The molecular weight excluding hydrogens is 344 g/mol. The molecule has 2 aliphatic rings. The van der Waals surface area contributed by atoms with Gasteiger partial charge in [-0.1, -0.05) is 69.7 Å². The first-order valence-corrected chi connectivity index (χ1v) is 11.2. The number of rotatable bonds is 5. The van der Waals surface area contributed by atoms with E-state index in [-0.39, 0.29) is 11.3 Å². The summed E-state index contributed by atoms with van der Waals surface area (Å²) >= 11 is 0. The molecule has 0 aliphatic heterocycles. The third-order valence-electron chi connectivity index (χ3n) is 8.14. The van der Waals surface area contributed by atoms with E-state index in [2.05, 4.69) is 20.8 Å². The first-order chi connectivity index (χ1) is 13.0. The molecule has 3 rings (SSSR count). The molecule has 0 spiro atoms. The molecule has 2 nitrogen and oxygen atoms in total. The van der Waals surface area contributed by atoms with E-state index in [1.165, 1.54) is 19.3 Å². The maximum atomic E-state index is 11.3. The molecule has 2 fully saturated rings. The molecule has 0 heterocycles. The molecule has 2 aliphatic carbocycles. The summed E-state index contributed by atoms with van der Waals surface area (Å²) in [6.45, 7) is 11.2. The van der Waals surface area contributed by atoms with Gasteiger partial charge in [0.2, 0.25) is 0 Å². The Balaban J connectivity index is 1.76. The van der Waals surface area contributed by atoms with Crippen LogP contribution in [-0.2, 0) is 0 Å². The van der Waals surface area contributed by atoms with Crippen molar-refractivity contribution >= 4 is 6.08 Å². The summed E-state index contributed by atoms with van der Waals surface area (Å²) in [5, 5.41) is 22.3. The Bertz CT molecular complexity index is 686. The maximum Gasteiger partial charge on any atom is 0.0803 e. The average molecular weight is 385 g/mol. The van der Waals surface area contributed by atoms with Crippen molar-refractivity contribution < 1.29 is 10.2 Å². The van der Waals surface area contributed by atoms with Gasteiger partial charge in [-0.2, -0.15) is 0 Å². The van der Waals surface area contributed by atoms with Crippen molar-refractivity contribution in [2.45, 2.75) is 90.8 Å². The summed E-state index contributed by atoms with van der Waals surface area (Å²) in [6.07, 6.45) is 11.2. The number of benzene rings is 1. The molecule has 0 amide bonds. The van der Waals surface area contributed by atoms with Crippen LogP contribution in [0.15, 0.2) is 36.4 Å². The zero-order valence-corrected chi connectivity index (χ0v) is 18.5. The van der Waals surface area contributed by atoms with Gasteiger partial charge in [-0.25, -0.2) is 0 Å². The fourth-order valence-electron chi connectivity index (χ4n) is 6.63. The summed E-state index contributed by atoms with van der Waals surface area (Å²) in [5.41, 5.74) is 0.103. The second-order valence-corrected chi connectivity index (χ2v) is 11.0. The summed E-state index contributed by atoms with van der Waals surface area (Å²) in [7, 11) is 0. The van der Waals surface area contributed by atoms with Gasteiger partial charge in [0.1, 0.15) is 0 Å². The molecule has 2 N–H and O–H groups in total. The highest BCUT2D eigenvalue weighted by Gasteiger charge is 2.57. The SMILES string of the molecule is CC1(C)CCC[C@]2(C)[C@@H](CC[C@@](C)(O)/C=C/c3ccccc3)[C@](C)(O)CC[C@@H]12. The third-order valence-corrected chi connectivity index (χ3v) is 8.14. The molecule has 28 heavy (non-hydrogen) atoms. The van der Waals surface area contributed by atoms with E-state index >= 15 is 0 Å². The van der Waals surface area contributed by atoms with E-state index in [0.29, 0.717) is 17.8 Å². The normalized spacial score (nSPS) is 37.4. The van der Waals surface area contributed by atoms with Crippen molar-refractivity contribution in [1.82, 2.24) is 0 Å². The van der Waals surface area contributed by atoms with Gasteiger partial charge in [0.25, 0.3) is 0 Å². The predicted octanol–water partition coefficient (Wildman–Crippen LogP) is 6.22. The highest BCUT2D eigenvalue weighted by atomic mass is 16.3. The van der Waals surface area contributed by atoms with Crippen molar-refractivity contribution in [3.63, 3.8) is 0 Å². The molecule has 0 bridgehead atoms. The highest BCUT2D eigenvalue weighted by molar-refractivity contribution is 5.50. The lowest BCUT2D eigenvalue weighted by atomic mass is 9.45. The van der Waals surface area contributed by atoms with Gasteiger partial charge < -0.3 is 10.2 Å². The Morgan fingerprint density at radius 2 is 1.75 bits per heavy atom. The molecule has 1 aromatic carbocycles. The highest BCUT2D eigenvalue weighted by Crippen LogP contribution is 2.63. The molecule has 0 aromatic heterocycles. The van der Waals surface area contributed by atoms with Gasteiger partial charge >= 0.3 is 0 Å². The van der Waals surface area contributed by atoms with E-state index in [1.807, 2.05) is 56.3 Å². The van der Waals surface area contributed by atoms with Crippen LogP contribution < -0.4 is 0 Å². The van der Waals surface area contributed by atoms with Crippen LogP contribution in [0.5, 0.6) is 0 Å². The lowest BCUT2D eigenvalue weighted by Crippen LogP contribution is -2.57. The van der Waals surface area contributed by atoms with E-state index in [9.17, 15) is 10.2 Å². The van der Waals surface area contributed by atoms with Gasteiger partial charge in [0.05, 0.1) is 11.2 Å². The Morgan fingerprint density at radius 1 is 1.07 bits per heavy atom. The van der Waals surface area contributed by atoms with Gasteiger partial charge in [-0.3, -0.25) is 0 Å². The average Bonchev–Trinajstić information content (AvgIpc) is 2.59. The van der Waals surface area contributed by atoms with Crippen LogP contribution in [0.4, 0.5) is 0 Å². The molecule has 1 aromatic rings. The largest absolute Gasteiger partial charge is 0.390 e. The molecular formula is C26H40O2. The lowest BCUT2D eigenvalue weighted by molar-refractivity contribution is -0.171. The first-order valence-electron chi connectivity index (χ1n) is 11.2. The van der Waals surface area contributed by atoms with Gasteiger partial charge in [0.15, 0.2) is 0 Å². The molecule has 0 unspecified atom stereocenters. The van der Waals surface area contributed by atoms with Crippen molar-refractivity contribution in [2.75, 3.05) is 0 Å². The molecule has 2 saturated carbocycles. The smallest absolute Gasteiger partial charge is 0.0803 e. The molecule has 2 heteroatoms. The molecule has 5 atom stereocenters. The monoisotopic (exact) mass is 384 g/mol. The molecule has 156 valence electrons. The van der Waals surface area contributed by atoms with Gasteiger partial charge in [0, 0.05) is 0 Å². The third kappa shape index (κ3) is 4.39. The maximum absolute atomic E-state index is 11.3. The van der Waals surface area contributed by atoms with Gasteiger partial charge in [-0.15, -0.1) is 0 Å². The predicted molar refractivity (Wildman–Crippen MR) is 118 cm³/mol. The van der Waals surface area contributed by atoms with Crippen LogP contribution in [-0.4, -0.2) is 21.4 Å². The van der Waals surface area contributed by atoms with E-state index in [1.54, 1.807) is 0 Å². The number of hydrogen-bond donors (Lipinski definition) is 2. The molecule has 0 radical (unpaired) electrons. The Morgan fingerprint density at radius 3 is 2.43 bits per heavy atom. The van der Waals surface area contributed by atoms with E-state index in [4.69, 9.17) is 0 Å². The quantitative estimate of drug-likeness (QED) is 0.632. The minimum atomic E-state index is -0.862.